The molecule has 94 valence electrons. The third-order valence-electron chi connectivity index (χ3n) is 2.03. The van der Waals surface area contributed by atoms with E-state index >= 15 is 0 Å². The van der Waals surface area contributed by atoms with E-state index in [1.807, 2.05) is 0 Å². The summed E-state index contributed by atoms with van der Waals surface area (Å²) in [7, 11) is 1.43. The van der Waals surface area contributed by atoms with Crippen LogP contribution in [0, 0.1) is 0 Å². The molecule has 0 spiro atoms. The largest absolute Gasteiger partial charge is 0.341 e. The first-order chi connectivity index (χ1) is 8.02. The van der Waals surface area contributed by atoms with Gasteiger partial charge in [-0.05, 0) is 6.92 Å². The van der Waals surface area contributed by atoms with Crippen LogP contribution in [-0.2, 0) is 11.3 Å². The Labute approximate surface area is 102 Å². The second-order valence-electron chi connectivity index (χ2n) is 3.34. The van der Waals surface area contributed by atoms with Crippen LogP contribution in [0.25, 0.3) is 0 Å². The lowest BCUT2D eigenvalue weighted by molar-refractivity contribution is -0.121. The van der Waals surface area contributed by atoms with Crippen molar-refractivity contribution in [2.24, 2.45) is 0 Å². The highest BCUT2D eigenvalue weighted by Gasteiger charge is 2.14. The number of amides is 3. The van der Waals surface area contributed by atoms with Gasteiger partial charge in [0.2, 0.25) is 5.91 Å². The highest BCUT2D eigenvalue weighted by atomic mass is 32.1. The van der Waals surface area contributed by atoms with Crippen LogP contribution in [0.1, 0.15) is 12.6 Å². The summed E-state index contributed by atoms with van der Waals surface area (Å²) >= 11 is 1.06. The van der Waals surface area contributed by atoms with Crippen molar-refractivity contribution in [2.45, 2.75) is 19.5 Å². The van der Waals surface area contributed by atoms with Crippen LogP contribution in [0.5, 0.6) is 0 Å². The minimum Gasteiger partial charge on any atom is -0.341 e. The first-order valence-electron chi connectivity index (χ1n) is 4.95. The molecule has 1 atom stereocenters. The predicted molar refractivity (Wildman–Crippen MR) is 63.8 cm³/mol. The van der Waals surface area contributed by atoms with Crippen LogP contribution in [0.4, 0.5) is 4.79 Å². The molecule has 1 heterocycles. The van der Waals surface area contributed by atoms with Crippen LogP contribution in [0.15, 0.2) is 10.2 Å². The van der Waals surface area contributed by atoms with Crippen LogP contribution in [-0.4, -0.2) is 30.0 Å². The van der Waals surface area contributed by atoms with Crippen LogP contribution < -0.4 is 20.8 Å². The third-order valence-corrected chi connectivity index (χ3v) is 2.75. The fraction of sp³-hybridized carbons (Fsp3) is 0.444. The van der Waals surface area contributed by atoms with Gasteiger partial charge >= 0.3 is 10.9 Å². The van der Waals surface area contributed by atoms with Crippen LogP contribution >= 0.6 is 11.3 Å². The SMILES string of the molecule is CNC(=O)NC(=O)C(C)NCc1csc(=O)[nH]1. The standard InChI is InChI=1S/C9H14N4O3S/c1-5(7(14)13-8(15)10-2)11-3-6-4-17-9(16)12-6/h4-5,11H,3H2,1-2H3,(H,12,16)(H2,10,13,14,15). The molecule has 0 saturated heterocycles. The van der Waals surface area contributed by atoms with E-state index in [1.54, 1.807) is 12.3 Å². The molecule has 4 N–H and O–H groups in total. The number of urea groups is 1. The zero-order chi connectivity index (χ0) is 12.8. The molecule has 7 nitrogen and oxygen atoms in total. The zero-order valence-electron chi connectivity index (χ0n) is 9.49. The highest BCUT2D eigenvalue weighted by Crippen LogP contribution is 1.95. The van der Waals surface area contributed by atoms with E-state index in [0.29, 0.717) is 12.2 Å². The molecule has 0 fully saturated rings. The minimum absolute atomic E-state index is 0.135. The molecule has 8 heteroatoms. The first kappa shape index (κ1) is 13.4. The van der Waals surface area contributed by atoms with Gasteiger partial charge in [0.25, 0.3) is 0 Å². The molecule has 1 rings (SSSR count). The minimum atomic E-state index is -0.549. The quantitative estimate of drug-likeness (QED) is 0.577. The molecule has 0 bridgehead atoms. The van der Waals surface area contributed by atoms with Crippen molar-refractivity contribution in [3.05, 3.63) is 20.7 Å². The van der Waals surface area contributed by atoms with Crippen LogP contribution in [0.2, 0.25) is 0 Å². The second kappa shape index (κ2) is 6.16. The molecule has 0 aliphatic heterocycles. The van der Waals surface area contributed by atoms with Gasteiger partial charge in [-0.1, -0.05) is 11.3 Å². The summed E-state index contributed by atoms with van der Waals surface area (Å²) < 4.78 is 0. The van der Waals surface area contributed by atoms with E-state index in [4.69, 9.17) is 0 Å². The van der Waals surface area contributed by atoms with E-state index in [2.05, 4.69) is 20.9 Å². The lowest BCUT2D eigenvalue weighted by Gasteiger charge is -2.12. The van der Waals surface area contributed by atoms with Crippen molar-refractivity contribution in [1.29, 1.82) is 0 Å². The van der Waals surface area contributed by atoms with Crippen molar-refractivity contribution in [2.75, 3.05) is 7.05 Å². The fourth-order valence-corrected chi connectivity index (χ4v) is 1.62. The number of hydrogen-bond donors (Lipinski definition) is 4. The number of carbonyl (C=O) groups is 2. The molecular weight excluding hydrogens is 244 g/mol. The van der Waals surface area contributed by atoms with E-state index in [9.17, 15) is 14.4 Å². The maximum Gasteiger partial charge on any atom is 0.321 e. The van der Waals surface area contributed by atoms with Crippen molar-refractivity contribution >= 4 is 23.3 Å². The monoisotopic (exact) mass is 258 g/mol. The molecule has 17 heavy (non-hydrogen) atoms. The van der Waals surface area contributed by atoms with Gasteiger partial charge in [-0.3, -0.25) is 14.9 Å². The number of imide groups is 1. The molecule has 0 radical (unpaired) electrons. The molecular formula is C9H14N4O3S. The third kappa shape index (κ3) is 4.37. The average molecular weight is 258 g/mol. The number of aromatic nitrogens is 1. The Hall–Kier alpha value is -1.67. The van der Waals surface area contributed by atoms with E-state index in [1.165, 1.54) is 7.05 Å². The molecule has 0 aliphatic rings. The Morgan fingerprint density at radius 1 is 1.53 bits per heavy atom. The zero-order valence-corrected chi connectivity index (χ0v) is 10.3. The fourth-order valence-electron chi connectivity index (χ4n) is 1.04. The number of aromatic amines is 1. The summed E-state index contributed by atoms with van der Waals surface area (Å²) in [6.07, 6.45) is 0. The Bertz CT molecular complexity index is 453. The van der Waals surface area contributed by atoms with Gasteiger partial charge in [0.1, 0.15) is 0 Å². The maximum absolute atomic E-state index is 11.4. The Morgan fingerprint density at radius 3 is 2.76 bits per heavy atom. The van der Waals surface area contributed by atoms with Gasteiger partial charge in [-0.2, -0.15) is 0 Å². The van der Waals surface area contributed by atoms with Gasteiger partial charge in [0.15, 0.2) is 0 Å². The van der Waals surface area contributed by atoms with Gasteiger partial charge < -0.3 is 15.6 Å². The van der Waals surface area contributed by atoms with Gasteiger partial charge in [-0.25, -0.2) is 4.79 Å². The molecule has 1 aromatic rings. The van der Waals surface area contributed by atoms with Gasteiger partial charge in [0, 0.05) is 24.7 Å². The van der Waals surface area contributed by atoms with E-state index in [0.717, 1.165) is 11.3 Å². The summed E-state index contributed by atoms with van der Waals surface area (Å²) in [4.78, 5) is 35.7. The smallest absolute Gasteiger partial charge is 0.321 e. The number of rotatable bonds is 4. The first-order valence-corrected chi connectivity index (χ1v) is 5.83. The maximum atomic E-state index is 11.4. The topological polar surface area (TPSA) is 103 Å². The number of H-pyrrole nitrogens is 1. The summed E-state index contributed by atoms with van der Waals surface area (Å²) in [6, 6.07) is -1.08. The second-order valence-corrected chi connectivity index (χ2v) is 4.19. The molecule has 3 amide bonds. The number of hydrogen-bond acceptors (Lipinski definition) is 5. The van der Waals surface area contributed by atoms with Crippen LogP contribution in [0.3, 0.4) is 0 Å². The molecule has 0 saturated carbocycles. The van der Waals surface area contributed by atoms with E-state index in [-0.39, 0.29) is 4.87 Å². The van der Waals surface area contributed by atoms with Crippen molar-refractivity contribution in [3.63, 3.8) is 0 Å². The normalized spacial score (nSPS) is 11.9. The van der Waals surface area contributed by atoms with E-state index < -0.39 is 18.0 Å². The highest BCUT2D eigenvalue weighted by molar-refractivity contribution is 7.07. The van der Waals surface area contributed by atoms with Crippen molar-refractivity contribution in [1.82, 2.24) is 20.9 Å². The molecule has 0 aliphatic carbocycles. The number of nitrogens with one attached hydrogen (secondary N) is 4. The number of thiazole rings is 1. The summed E-state index contributed by atoms with van der Waals surface area (Å²) in [5.41, 5.74) is 0.708. The lowest BCUT2D eigenvalue weighted by Crippen LogP contribution is -2.47. The average Bonchev–Trinajstić information content (AvgIpc) is 2.71. The molecule has 0 aromatic carbocycles. The van der Waals surface area contributed by atoms with Crippen molar-refractivity contribution in [3.8, 4) is 0 Å². The number of carbonyl (C=O) groups excluding carboxylic acids is 2. The Morgan fingerprint density at radius 2 is 2.24 bits per heavy atom. The van der Waals surface area contributed by atoms with Crippen molar-refractivity contribution < 1.29 is 9.59 Å². The Balaban J connectivity index is 2.38. The van der Waals surface area contributed by atoms with Gasteiger partial charge in [-0.15, -0.1) is 0 Å². The summed E-state index contributed by atoms with van der Waals surface area (Å²) in [5, 5.41) is 9.00. The lowest BCUT2D eigenvalue weighted by atomic mass is 10.3. The molecule has 1 aromatic heterocycles. The molecule has 1 unspecified atom stereocenters. The Kier molecular flexibility index (Phi) is 4.85. The predicted octanol–water partition coefficient (Wildman–Crippen LogP) is -0.630. The van der Waals surface area contributed by atoms with Gasteiger partial charge in [0.05, 0.1) is 6.04 Å². The summed E-state index contributed by atoms with van der Waals surface area (Å²) in [6.45, 7) is 1.99. The summed E-state index contributed by atoms with van der Waals surface area (Å²) in [5.74, 6) is -0.429.